The van der Waals surface area contributed by atoms with Gasteiger partial charge < -0.3 is 38.8 Å². The maximum atomic E-state index is 11.9. The molecule has 0 aliphatic rings. The molecule has 35 heavy (non-hydrogen) atoms. The van der Waals surface area contributed by atoms with E-state index in [1.807, 2.05) is 0 Å². The van der Waals surface area contributed by atoms with Crippen molar-refractivity contribution in [3.05, 3.63) is 54.1 Å². The van der Waals surface area contributed by atoms with Gasteiger partial charge in [0.05, 0.1) is 14.2 Å². The van der Waals surface area contributed by atoms with E-state index in [-0.39, 0.29) is 24.5 Å². The van der Waals surface area contributed by atoms with Gasteiger partial charge in [-0.3, -0.25) is 4.79 Å². The van der Waals surface area contributed by atoms with E-state index in [9.17, 15) is 24.3 Å². The molecule has 0 saturated heterocycles. The molecule has 0 radical (unpaired) electrons. The van der Waals surface area contributed by atoms with Crippen LogP contribution >= 0.6 is 0 Å². The number of carbonyl (C=O) groups excluding carboxylic acids is 3. The molecule has 0 aliphatic carbocycles. The number of carboxylic acids is 1. The third kappa shape index (κ3) is 9.21. The molecule has 2 rings (SSSR count). The second-order valence-corrected chi connectivity index (χ2v) is 6.99. The number of rotatable bonds is 10. The fraction of sp³-hybridized carbons (Fsp3) is 0.304. The SMILES string of the molecule is COC(=O)Oc1ccc(C[C@H](NCC(C)OC(=O)Oc2ccccc2)C(=O)O)cc1OC(=O)OC. The van der Waals surface area contributed by atoms with Crippen LogP contribution in [-0.2, 0) is 25.4 Å². The first-order valence-electron chi connectivity index (χ1n) is 10.3. The number of methoxy groups -OCH3 is 2. The van der Waals surface area contributed by atoms with Crippen molar-refractivity contribution in [2.75, 3.05) is 20.8 Å². The van der Waals surface area contributed by atoms with Gasteiger partial charge in [0, 0.05) is 6.54 Å². The van der Waals surface area contributed by atoms with Gasteiger partial charge in [0.15, 0.2) is 11.5 Å². The lowest BCUT2D eigenvalue weighted by Gasteiger charge is -2.19. The molecule has 1 unspecified atom stereocenters. The zero-order chi connectivity index (χ0) is 25.8. The number of para-hydroxylation sites is 1. The van der Waals surface area contributed by atoms with Gasteiger partial charge >= 0.3 is 24.4 Å². The quantitative estimate of drug-likeness (QED) is 0.285. The molecule has 0 spiro atoms. The Hall–Kier alpha value is -4.32. The summed E-state index contributed by atoms with van der Waals surface area (Å²) in [5.41, 5.74) is 0.429. The maximum absolute atomic E-state index is 11.9. The van der Waals surface area contributed by atoms with Crippen LogP contribution in [0.4, 0.5) is 14.4 Å². The highest BCUT2D eigenvalue weighted by Crippen LogP contribution is 2.30. The number of nitrogens with one attached hydrogen (secondary N) is 1. The van der Waals surface area contributed by atoms with Crippen molar-refractivity contribution in [1.29, 1.82) is 0 Å². The molecule has 2 aromatic rings. The number of benzene rings is 2. The van der Waals surface area contributed by atoms with Crippen molar-refractivity contribution in [1.82, 2.24) is 5.32 Å². The van der Waals surface area contributed by atoms with Gasteiger partial charge in [0.1, 0.15) is 17.9 Å². The third-order valence-electron chi connectivity index (χ3n) is 4.36. The monoisotopic (exact) mass is 491 g/mol. The second-order valence-electron chi connectivity index (χ2n) is 6.99. The van der Waals surface area contributed by atoms with Gasteiger partial charge in [0.2, 0.25) is 0 Å². The van der Waals surface area contributed by atoms with E-state index in [1.165, 1.54) is 18.2 Å². The highest BCUT2D eigenvalue weighted by atomic mass is 16.7. The molecule has 0 aromatic heterocycles. The standard InChI is InChI=1S/C23H25NO11/c1-14(32-23(29)33-16-7-5-4-6-8-16)13-24-17(20(25)26)11-15-9-10-18(34-21(27)30-2)19(12-15)35-22(28)31-3/h4-10,12,14,17,24H,11,13H2,1-3H3,(H,25,26)/t14?,17-/m0/s1. The highest BCUT2D eigenvalue weighted by molar-refractivity contribution is 5.74. The third-order valence-corrected chi connectivity index (χ3v) is 4.36. The van der Waals surface area contributed by atoms with E-state index in [0.717, 1.165) is 14.2 Å². The average molecular weight is 491 g/mol. The van der Waals surface area contributed by atoms with E-state index in [4.69, 9.17) is 18.9 Å². The Balaban J connectivity index is 2.01. The largest absolute Gasteiger partial charge is 0.514 e. The van der Waals surface area contributed by atoms with E-state index in [2.05, 4.69) is 14.8 Å². The number of carbonyl (C=O) groups is 4. The van der Waals surface area contributed by atoms with Crippen molar-refractivity contribution < 1.29 is 52.7 Å². The van der Waals surface area contributed by atoms with Crippen molar-refractivity contribution in [3.63, 3.8) is 0 Å². The summed E-state index contributed by atoms with van der Waals surface area (Å²) in [4.78, 5) is 46.6. The molecular formula is C23H25NO11. The van der Waals surface area contributed by atoms with Crippen LogP contribution < -0.4 is 19.5 Å². The second kappa shape index (κ2) is 13.4. The summed E-state index contributed by atoms with van der Waals surface area (Å²) in [5.74, 6) is -1.17. The molecule has 0 saturated carbocycles. The Kier molecular flexibility index (Phi) is 10.3. The first-order valence-corrected chi connectivity index (χ1v) is 10.3. The molecule has 12 nitrogen and oxygen atoms in total. The Morgan fingerprint density at radius 2 is 1.49 bits per heavy atom. The molecule has 12 heteroatoms. The lowest BCUT2D eigenvalue weighted by Crippen LogP contribution is -2.42. The predicted molar refractivity (Wildman–Crippen MR) is 119 cm³/mol. The number of aliphatic carboxylic acids is 1. The van der Waals surface area contributed by atoms with E-state index in [0.29, 0.717) is 11.3 Å². The van der Waals surface area contributed by atoms with Gasteiger partial charge in [-0.2, -0.15) is 0 Å². The number of hydrogen-bond acceptors (Lipinski definition) is 11. The minimum Gasteiger partial charge on any atom is -0.480 e. The van der Waals surface area contributed by atoms with Crippen molar-refractivity contribution in [2.45, 2.75) is 25.5 Å². The maximum Gasteiger partial charge on any atom is 0.514 e. The molecule has 2 aromatic carbocycles. The van der Waals surface area contributed by atoms with Crippen LogP contribution in [0.5, 0.6) is 17.2 Å². The summed E-state index contributed by atoms with van der Waals surface area (Å²) in [7, 11) is 2.20. The number of ether oxygens (including phenoxy) is 6. The van der Waals surface area contributed by atoms with Crippen LogP contribution in [0, 0.1) is 0 Å². The fourth-order valence-corrected chi connectivity index (χ4v) is 2.71. The minimum atomic E-state index is -1.17. The zero-order valence-electron chi connectivity index (χ0n) is 19.2. The molecule has 0 aliphatic heterocycles. The topological polar surface area (TPSA) is 156 Å². The van der Waals surface area contributed by atoms with Crippen molar-refractivity contribution >= 4 is 24.4 Å². The van der Waals surface area contributed by atoms with Crippen LogP contribution in [0.25, 0.3) is 0 Å². The lowest BCUT2D eigenvalue weighted by atomic mass is 10.0. The highest BCUT2D eigenvalue weighted by Gasteiger charge is 2.22. The van der Waals surface area contributed by atoms with E-state index < -0.39 is 36.6 Å². The molecule has 2 N–H and O–H groups in total. The molecule has 188 valence electrons. The van der Waals surface area contributed by atoms with Crippen LogP contribution in [0.1, 0.15) is 12.5 Å². The normalized spacial score (nSPS) is 12.0. The first kappa shape index (κ1) is 26.9. The van der Waals surface area contributed by atoms with Crippen LogP contribution in [0.3, 0.4) is 0 Å². The van der Waals surface area contributed by atoms with Gasteiger partial charge in [-0.25, -0.2) is 14.4 Å². The Bertz CT molecular complexity index is 1030. The van der Waals surface area contributed by atoms with E-state index >= 15 is 0 Å². The Morgan fingerprint density at radius 3 is 2.09 bits per heavy atom. The lowest BCUT2D eigenvalue weighted by molar-refractivity contribution is -0.139. The molecular weight excluding hydrogens is 466 g/mol. The Labute approximate surface area is 200 Å². The number of hydrogen-bond donors (Lipinski definition) is 2. The summed E-state index contributed by atoms with van der Waals surface area (Å²) in [6, 6.07) is 11.4. The fourth-order valence-electron chi connectivity index (χ4n) is 2.71. The van der Waals surface area contributed by atoms with Gasteiger partial charge in [-0.05, 0) is 43.2 Å². The van der Waals surface area contributed by atoms with Crippen LogP contribution in [0.2, 0.25) is 0 Å². The van der Waals surface area contributed by atoms with Crippen LogP contribution in [-0.4, -0.2) is 62.5 Å². The minimum absolute atomic E-state index is 0.00983. The molecule has 0 heterocycles. The first-order chi connectivity index (χ1) is 16.7. The number of carboxylic acid groups (broad SMARTS) is 1. The van der Waals surface area contributed by atoms with Gasteiger partial charge in [-0.15, -0.1) is 0 Å². The zero-order valence-corrected chi connectivity index (χ0v) is 19.2. The summed E-state index contributed by atoms with van der Waals surface area (Å²) < 4.78 is 28.9. The van der Waals surface area contributed by atoms with Gasteiger partial charge in [-0.1, -0.05) is 24.3 Å². The van der Waals surface area contributed by atoms with Crippen molar-refractivity contribution in [3.8, 4) is 17.2 Å². The van der Waals surface area contributed by atoms with Crippen LogP contribution in [0.15, 0.2) is 48.5 Å². The molecule has 0 fully saturated rings. The summed E-state index contributed by atoms with van der Waals surface area (Å²) >= 11 is 0. The summed E-state index contributed by atoms with van der Waals surface area (Å²) in [6.07, 6.45) is -3.80. The summed E-state index contributed by atoms with van der Waals surface area (Å²) in [5, 5.41) is 12.4. The average Bonchev–Trinajstić information content (AvgIpc) is 2.83. The summed E-state index contributed by atoms with van der Waals surface area (Å²) in [6.45, 7) is 1.58. The molecule has 2 atom stereocenters. The smallest absolute Gasteiger partial charge is 0.480 e. The van der Waals surface area contributed by atoms with Crippen molar-refractivity contribution in [2.24, 2.45) is 0 Å². The molecule has 0 bridgehead atoms. The Morgan fingerprint density at radius 1 is 0.857 bits per heavy atom. The predicted octanol–water partition coefficient (Wildman–Crippen LogP) is 3.17. The molecule has 0 amide bonds. The van der Waals surface area contributed by atoms with Gasteiger partial charge in [0.25, 0.3) is 0 Å². The van der Waals surface area contributed by atoms with E-state index in [1.54, 1.807) is 37.3 Å².